The van der Waals surface area contributed by atoms with Crippen LogP contribution in [0.25, 0.3) is 0 Å². The molecule has 0 aromatic heterocycles. The number of aryl methyl sites for hydroxylation is 1. The van der Waals surface area contributed by atoms with E-state index in [1.54, 1.807) is 30.3 Å². The first-order chi connectivity index (χ1) is 12.6. The average molecular weight is 366 g/mol. The second-order valence-electron chi connectivity index (χ2n) is 6.05. The van der Waals surface area contributed by atoms with E-state index >= 15 is 0 Å². The zero-order chi connectivity index (χ0) is 18.5. The van der Waals surface area contributed by atoms with Gasteiger partial charge in [-0.1, -0.05) is 61.0 Å². The van der Waals surface area contributed by atoms with E-state index in [4.69, 9.17) is 11.6 Å². The van der Waals surface area contributed by atoms with Gasteiger partial charge in [0.15, 0.2) is 0 Å². The number of halogens is 1. The standard InChI is InChI=1S/C22H20ClNO2/c1-2-15-8-10-17(11-9-15)22(26)24-20-13-12-18(23)14-19(20)21(25)16-6-4-3-5-7-16/h3-14,21,25H,2H2,1H3,(H,24,26). The molecule has 0 radical (unpaired) electrons. The highest BCUT2D eigenvalue weighted by Gasteiger charge is 2.17. The number of benzene rings is 3. The van der Waals surface area contributed by atoms with Crippen LogP contribution < -0.4 is 5.32 Å². The van der Waals surface area contributed by atoms with Crippen LogP contribution >= 0.6 is 11.6 Å². The Morgan fingerprint density at radius 2 is 1.73 bits per heavy atom. The highest BCUT2D eigenvalue weighted by Crippen LogP contribution is 2.31. The molecule has 4 heteroatoms. The number of anilines is 1. The number of hydrogen-bond acceptors (Lipinski definition) is 2. The second kappa shape index (κ2) is 8.17. The minimum absolute atomic E-state index is 0.225. The van der Waals surface area contributed by atoms with E-state index in [2.05, 4.69) is 12.2 Å². The molecular weight excluding hydrogens is 346 g/mol. The minimum Gasteiger partial charge on any atom is -0.384 e. The predicted molar refractivity (Wildman–Crippen MR) is 106 cm³/mol. The van der Waals surface area contributed by atoms with Crippen molar-refractivity contribution in [1.82, 2.24) is 0 Å². The molecule has 3 aromatic rings. The van der Waals surface area contributed by atoms with Crippen molar-refractivity contribution in [3.8, 4) is 0 Å². The van der Waals surface area contributed by atoms with E-state index < -0.39 is 6.10 Å². The molecule has 132 valence electrons. The number of nitrogens with one attached hydrogen (secondary N) is 1. The fourth-order valence-electron chi connectivity index (χ4n) is 2.77. The average Bonchev–Trinajstić information content (AvgIpc) is 2.69. The maximum atomic E-state index is 12.6. The van der Waals surface area contributed by atoms with Gasteiger partial charge in [-0.3, -0.25) is 4.79 Å². The van der Waals surface area contributed by atoms with Crippen molar-refractivity contribution in [2.24, 2.45) is 0 Å². The maximum Gasteiger partial charge on any atom is 0.255 e. The van der Waals surface area contributed by atoms with Gasteiger partial charge in [0.1, 0.15) is 6.10 Å². The van der Waals surface area contributed by atoms with Crippen LogP contribution in [0.1, 0.15) is 40.1 Å². The highest BCUT2D eigenvalue weighted by atomic mass is 35.5. The normalized spacial score (nSPS) is 11.8. The van der Waals surface area contributed by atoms with Crippen molar-refractivity contribution >= 4 is 23.2 Å². The number of aliphatic hydroxyl groups is 1. The van der Waals surface area contributed by atoms with Crippen LogP contribution in [0.5, 0.6) is 0 Å². The van der Waals surface area contributed by atoms with Crippen molar-refractivity contribution in [1.29, 1.82) is 0 Å². The smallest absolute Gasteiger partial charge is 0.255 e. The number of carbonyl (C=O) groups excluding carboxylic acids is 1. The quantitative estimate of drug-likeness (QED) is 0.649. The lowest BCUT2D eigenvalue weighted by Crippen LogP contribution is -2.14. The summed E-state index contributed by atoms with van der Waals surface area (Å²) in [6, 6.07) is 21.8. The minimum atomic E-state index is -0.882. The van der Waals surface area contributed by atoms with Gasteiger partial charge in [0.25, 0.3) is 5.91 Å². The molecule has 3 aromatic carbocycles. The molecule has 0 fully saturated rings. The Morgan fingerprint density at radius 3 is 2.38 bits per heavy atom. The zero-order valence-electron chi connectivity index (χ0n) is 14.4. The molecular formula is C22H20ClNO2. The lowest BCUT2D eigenvalue weighted by atomic mass is 9.99. The molecule has 1 atom stereocenters. The van der Waals surface area contributed by atoms with Crippen LogP contribution in [-0.4, -0.2) is 11.0 Å². The molecule has 26 heavy (non-hydrogen) atoms. The van der Waals surface area contributed by atoms with E-state index in [1.807, 2.05) is 42.5 Å². The molecule has 1 unspecified atom stereocenters. The summed E-state index contributed by atoms with van der Waals surface area (Å²) in [6.45, 7) is 2.07. The zero-order valence-corrected chi connectivity index (χ0v) is 15.2. The third-order valence-electron chi connectivity index (χ3n) is 4.30. The number of amides is 1. The van der Waals surface area contributed by atoms with Crippen molar-refractivity contribution in [2.75, 3.05) is 5.32 Å². The number of hydrogen-bond donors (Lipinski definition) is 2. The Hall–Kier alpha value is -2.62. The van der Waals surface area contributed by atoms with E-state index in [0.717, 1.165) is 12.0 Å². The van der Waals surface area contributed by atoms with Crippen LogP contribution in [-0.2, 0) is 6.42 Å². The van der Waals surface area contributed by atoms with Crippen molar-refractivity contribution in [3.63, 3.8) is 0 Å². The lowest BCUT2D eigenvalue weighted by molar-refractivity contribution is 0.102. The predicted octanol–water partition coefficient (Wildman–Crippen LogP) is 5.24. The Morgan fingerprint density at radius 1 is 1.04 bits per heavy atom. The van der Waals surface area contributed by atoms with Gasteiger partial charge in [-0.05, 0) is 47.9 Å². The number of aliphatic hydroxyl groups excluding tert-OH is 1. The summed E-state index contributed by atoms with van der Waals surface area (Å²) in [4.78, 5) is 12.6. The molecule has 1 amide bonds. The molecule has 0 saturated carbocycles. The Labute approximate surface area is 158 Å². The van der Waals surface area contributed by atoms with Crippen LogP contribution in [0.2, 0.25) is 5.02 Å². The first kappa shape index (κ1) is 18.2. The van der Waals surface area contributed by atoms with E-state index in [9.17, 15) is 9.90 Å². The van der Waals surface area contributed by atoms with Gasteiger partial charge in [0.05, 0.1) is 0 Å². The molecule has 0 spiro atoms. The first-order valence-electron chi connectivity index (χ1n) is 8.51. The van der Waals surface area contributed by atoms with Crippen molar-refractivity contribution < 1.29 is 9.90 Å². The SMILES string of the molecule is CCc1ccc(C(=O)Nc2ccc(Cl)cc2C(O)c2ccccc2)cc1. The Bertz CT molecular complexity index is 892. The Kier molecular flexibility index (Phi) is 5.71. The number of carbonyl (C=O) groups is 1. The summed E-state index contributed by atoms with van der Waals surface area (Å²) in [5, 5.41) is 14.1. The van der Waals surface area contributed by atoms with Gasteiger partial charge >= 0.3 is 0 Å². The molecule has 2 N–H and O–H groups in total. The van der Waals surface area contributed by atoms with Gasteiger partial charge in [-0.25, -0.2) is 0 Å². The lowest BCUT2D eigenvalue weighted by Gasteiger charge is -2.17. The van der Waals surface area contributed by atoms with Crippen molar-refractivity contribution in [3.05, 3.63) is 100 Å². The van der Waals surface area contributed by atoms with Crippen LogP contribution in [0.15, 0.2) is 72.8 Å². The van der Waals surface area contributed by atoms with E-state index in [-0.39, 0.29) is 5.91 Å². The van der Waals surface area contributed by atoms with Crippen molar-refractivity contribution in [2.45, 2.75) is 19.4 Å². The van der Waals surface area contributed by atoms with Crippen LogP contribution in [0, 0.1) is 0 Å². The second-order valence-corrected chi connectivity index (χ2v) is 6.49. The maximum absolute atomic E-state index is 12.6. The van der Waals surface area contributed by atoms with Crippen LogP contribution in [0.3, 0.4) is 0 Å². The highest BCUT2D eigenvalue weighted by molar-refractivity contribution is 6.30. The fraction of sp³-hybridized carbons (Fsp3) is 0.136. The van der Waals surface area contributed by atoms with E-state index in [1.165, 1.54) is 5.56 Å². The first-order valence-corrected chi connectivity index (χ1v) is 8.89. The van der Waals surface area contributed by atoms with Gasteiger partial charge in [0, 0.05) is 21.8 Å². The monoisotopic (exact) mass is 365 g/mol. The van der Waals surface area contributed by atoms with Gasteiger partial charge < -0.3 is 10.4 Å². The third-order valence-corrected chi connectivity index (χ3v) is 4.53. The summed E-state index contributed by atoms with van der Waals surface area (Å²) in [6.07, 6.45) is 0.0413. The molecule has 0 aliphatic heterocycles. The fourth-order valence-corrected chi connectivity index (χ4v) is 2.96. The number of rotatable bonds is 5. The molecule has 0 saturated heterocycles. The van der Waals surface area contributed by atoms with Gasteiger partial charge in [-0.15, -0.1) is 0 Å². The van der Waals surface area contributed by atoms with E-state index in [0.29, 0.717) is 21.8 Å². The van der Waals surface area contributed by atoms with Gasteiger partial charge in [0.2, 0.25) is 0 Å². The topological polar surface area (TPSA) is 49.3 Å². The molecule has 3 rings (SSSR count). The molecule has 0 aliphatic rings. The third kappa shape index (κ3) is 4.13. The van der Waals surface area contributed by atoms with Crippen LogP contribution in [0.4, 0.5) is 5.69 Å². The molecule has 0 bridgehead atoms. The molecule has 0 heterocycles. The summed E-state index contributed by atoms with van der Waals surface area (Å²) in [7, 11) is 0. The summed E-state index contributed by atoms with van der Waals surface area (Å²) in [5.41, 5.74) is 3.57. The summed E-state index contributed by atoms with van der Waals surface area (Å²) < 4.78 is 0. The molecule has 0 aliphatic carbocycles. The largest absolute Gasteiger partial charge is 0.384 e. The van der Waals surface area contributed by atoms with Gasteiger partial charge in [-0.2, -0.15) is 0 Å². The molecule has 3 nitrogen and oxygen atoms in total. The summed E-state index contributed by atoms with van der Waals surface area (Å²) >= 11 is 6.11. The Balaban J connectivity index is 1.89. The summed E-state index contributed by atoms with van der Waals surface area (Å²) in [5.74, 6) is -0.225.